The lowest BCUT2D eigenvalue weighted by Crippen LogP contribution is -2.54. The van der Waals surface area contributed by atoms with E-state index in [1.165, 1.54) is 0 Å². The number of rotatable bonds is 2. The average Bonchev–Trinajstić information content (AvgIpc) is 2.54. The Morgan fingerprint density at radius 3 is 2.73 bits per heavy atom. The molecule has 0 radical (unpaired) electrons. The molecule has 0 spiro atoms. The molecule has 0 aromatic heterocycles. The van der Waals surface area contributed by atoms with Crippen molar-refractivity contribution in [2.45, 2.75) is 18.9 Å². The molecule has 1 N–H and O–H groups in total. The molecule has 2 aliphatic heterocycles. The normalized spacial score (nSPS) is 28.5. The van der Waals surface area contributed by atoms with Crippen LogP contribution in [0.2, 0.25) is 0 Å². The summed E-state index contributed by atoms with van der Waals surface area (Å²) in [7, 11) is 0. The van der Waals surface area contributed by atoms with Crippen LogP contribution in [0.3, 0.4) is 0 Å². The first kappa shape index (κ1) is 14.0. The summed E-state index contributed by atoms with van der Waals surface area (Å²) < 4.78 is 5.40. The Bertz CT molecular complexity index is 551. The van der Waals surface area contributed by atoms with E-state index in [-0.39, 0.29) is 5.92 Å². The first-order valence-corrected chi connectivity index (χ1v) is 8.29. The van der Waals surface area contributed by atoms with E-state index in [9.17, 15) is 4.79 Å². The molecule has 0 unspecified atom stereocenters. The third-order valence-corrected chi connectivity index (χ3v) is 5.14. The Labute approximate surface area is 131 Å². The highest BCUT2D eigenvalue weighted by molar-refractivity contribution is 5.99. The van der Waals surface area contributed by atoms with E-state index in [2.05, 4.69) is 10.2 Å². The van der Waals surface area contributed by atoms with E-state index in [4.69, 9.17) is 4.74 Å². The van der Waals surface area contributed by atoms with Crippen molar-refractivity contribution in [3.05, 3.63) is 24.3 Å². The fourth-order valence-corrected chi connectivity index (χ4v) is 3.76. The molecule has 5 heteroatoms. The van der Waals surface area contributed by atoms with Crippen molar-refractivity contribution in [1.29, 1.82) is 0 Å². The molecule has 0 bridgehead atoms. The molecule has 1 aliphatic carbocycles. The zero-order valence-corrected chi connectivity index (χ0v) is 12.8. The van der Waals surface area contributed by atoms with E-state index < -0.39 is 0 Å². The Hall–Kier alpha value is -1.59. The van der Waals surface area contributed by atoms with Crippen molar-refractivity contribution < 1.29 is 9.53 Å². The van der Waals surface area contributed by atoms with Gasteiger partial charge in [0, 0.05) is 38.1 Å². The maximum absolute atomic E-state index is 12.8. The number of ether oxygens (including phenoxy) is 1. The zero-order valence-electron chi connectivity index (χ0n) is 12.8. The van der Waals surface area contributed by atoms with Crippen LogP contribution in [0.5, 0.6) is 0 Å². The lowest BCUT2D eigenvalue weighted by molar-refractivity contribution is -0.128. The lowest BCUT2D eigenvalue weighted by Gasteiger charge is -2.45. The minimum absolute atomic E-state index is 0.194. The largest absolute Gasteiger partial charge is 0.382 e. The van der Waals surface area contributed by atoms with Gasteiger partial charge in [-0.3, -0.25) is 9.69 Å². The maximum atomic E-state index is 12.8. The van der Waals surface area contributed by atoms with Gasteiger partial charge >= 0.3 is 0 Å². The minimum Gasteiger partial charge on any atom is -0.382 e. The molecule has 1 saturated carbocycles. The van der Waals surface area contributed by atoms with Crippen LogP contribution in [0.25, 0.3) is 0 Å². The number of nitrogens with zero attached hydrogens (tertiary/aromatic N) is 2. The van der Waals surface area contributed by atoms with Crippen molar-refractivity contribution >= 4 is 17.3 Å². The van der Waals surface area contributed by atoms with Gasteiger partial charge in [0.05, 0.1) is 24.6 Å². The van der Waals surface area contributed by atoms with Crippen LogP contribution in [-0.4, -0.2) is 56.2 Å². The fraction of sp³-hybridized carbons (Fsp3) is 0.588. The second-order valence-electron chi connectivity index (χ2n) is 6.40. The van der Waals surface area contributed by atoms with E-state index in [0.29, 0.717) is 11.9 Å². The van der Waals surface area contributed by atoms with Crippen LogP contribution in [-0.2, 0) is 9.53 Å². The lowest BCUT2D eigenvalue weighted by atomic mass is 9.78. The number of hydrogen-bond donors (Lipinski definition) is 1. The summed E-state index contributed by atoms with van der Waals surface area (Å²) in [5.74, 6) is 0.498. The fourth-order valence-electron chi connectivity index (χ4n) is 3.76. The maximum Gasteiger partial charge on any atom is 0.230 e. The molecule has 1 amide bonds. The second kappa shape index (κ2) is 5.89. The van der Waals surface area contributed by atoms with Gasteiger partial charge in [0.1, 0.15) is 0 Å². The molecule has 22 heavy (non-hydrogen) atoms. The first-order valence-electron chi connectivity index (χ1n) is 8.29. The molecule has 1 aromatic carbocycles. The number of carbonyl (C=O) groups is 1. The highest BCUT2D eigenvalue weighted by atomic mass is 16.5. The highest BCUT2D eigenvalue weighted by Crippen LogP contribution is 2.37. The number of hydrogen-bond acceptors (Lipinski definition) is 4. The van der Waals surface area contributed by atoms with E-state index >= 15 is 0 Å². The molecular weight excluding hydrogens is 278 g/mol. The van der Waals surface area contributed by atoms with Gasteiger partial charge in [-0.1, -0.05) is 12.1 Å². The molecule has 2 fully saturated rings. The summed E-state index contributed by atoms with van der Waals surface area (Å²) in [6.07, 6.45) is 2.01. The predicted molar refractivity (Wildman–Crippen MR) is 86.2 cm³/mol. The van der Waals surface area contributed by atoms with Crippen LogP contribution in [0.15, 0.2) is 24.3 Å². The number of para-hydroxylation sites is 2. The topological polar surface area (TPSA) is 44.8 Å². The summed E-state index contributed by atoms with van der Waals surface area (Å²) in [4.78, 5) is 17.3. The second-order valence-corrected chi connectivity index (χ2v) is 6.40. The van der Waals surface area contributed by atoms with Crippen molar-refractivity contribution in [1.82, 2.24) is 4.90 Å². The Morgan fingerprint density at radius 1 is 1.14 bits per heavy atom. The number of benzene rings is 1. The summed E-state index contributed by atoms with van der Waals surface area (Å²) >= 11 is 0. The van der Waals surface area contributed by atoms with Crippen LogP contribution in [0.4, 0.5) is 11.4 Å². The van der Waals surface area contributed by atoms with Crippen LogP contribution >= 0.6 is 0 Å². The number of anilines is 2. The molecule has 1 saturated heterocycles. The van der Waals surface area contributed by atoms with E-state index in [1.807, 2.05) is 29.2 Å². The smallest absolute Gasteiger partial charge is 0.230 e. The molecule has 0 atom stereocenters. The van der Waals surface area contributed by atoms with Crippen molar-refractivity contribution in [3.8, 4) is 0 Å². The molecule has 5 nitrogen and oxygen atoms in total. The van der Waals surface area contributed by atoms with Crippen molar-refractivity contribution in [2.24, 2.45) is 5.92 Å². The third kappa shape index (κ3) is 2.48. The quantitative estimate of drug-likeness (QED) is 0.900. The summed E-state index contributed by atoms with van der Waals surface area (Å²) in [5, 5.41) is 3.37. The van der Waals surface area contributed by atoms with Gasteiger partial charge in [-0.15, -0.1) is 0 Å². The highest BCUT2D eigenvalue weighted by Gasteiger charge is 2.40. The minimum atomic E-state index is 0.194. The van der Waals surface area contributed by atoms with E-state index in [1.54, 1.807) is 0 Å². The van der Waals surface area contributed by atoms with Crippen molar-refractivity contribution in [2.75, 3.05) is 49.6 Å². The summed E-state index contributed by atoms with van der Waals surface area (Å²) in [5.41, 5.74) is 2.11. The Morgan fingerprint density at radius 2 is 1.91 bits per heavy atom. The average molecular weight is 301 g/mol. The standard InChI is InChI=1S/C17H23N3O2/c21-17(13-11-14(12-13)19-7-9-22-10-8-19)20-6-5-18-15-3-1-2-4-16(15)20/h1-4,13-14,18H,5-12H2. The van der Waals surface area contributed by atoms with Crippen LogP contribution < -0.4 is 10.2 Å². The molecular formula is C17H23N3O2. The molecule has 4 rings (SSSR count). The van der Waals surface area contributed by atoms with Crippen molar-refractivity contribution in [3.63, 3.8) is 0 Å². The van der Waals surface area contributed by atoms with Crippen LogP contribution in [0, 0.1) is 5.92 Å². The third-order valence-electron chi connectivity index (χ3n) is 5.14. The SMILES string of the molecule is O=C(C1CC(N2CCOCC2)C1)N1CCNc2ccccc21. The van der Waals surface area contributed by atoms with Gasteiger partial charge in [0.2, 0.25) is 5.91 Å². The summed E-state index contributed by atoms with van der Waals surface area (Å²) in [6, 6.07) is 8.68. The Kier molecular flexibility index (Phi) is 3.76. The molecule has 2 heterocycles. The van der Waals surface area contributed by atoms with Gasteiger partial charge < -0.3 is 15.0 Å². The van der Waals surface area contributed by atoms with Gasteiger partial charge in [-0.05, 0) is 25.0 Å². The number of fused-ring (bicyclic) bond motifs is 1. The number of morpholine rings is 1. The van der Waals surface area contributed by atoms with Gasteiger partial charge in [-0.2, -0.15) is 0 Å². The van der Waals surface area contributed by atoms with Crippen LogP contribution in [0.1, 0.15) is 12.8 Å². The van der Waals surface area contributed by atoms with Gasteiger partial charge in [0.15, 0.2) is 0 Å². The molecule has 118 valence electrons. The summed E-state index contributed by atoms with van der Waals surface area (Å²) in [6.45, 7) is 5.31. The first-order chi connectivity index (χ1) is 10.8. The number of nitrogens with one attached hydrogen (secondary N) is 1. The molecule has 3 aliphatic rings. The zero-order chi connectivity index (χ0) is 14.9. The van der Waals surface area contributed by atoms with E-state index in [0.717, 1.165) is 63.6 Å². The number of amides is 1. The Balaban J connectivity index is 1.40. The number of carbonyl (C=O) groups excluding carboxylic acids is 1. The van der Waals surface area contributed by atoms with Gasteiger partial charge in [-0.25, -0.2) is 0 Å². The molecule has 1 aromatic rings. The predicted octanol–water partition coefficient (Wildman–Crippen LogP) is 1.56. The van der Waals surface area contributed by atoms with Gasteiger partial charge in [0.25, 0.3) is 0 Å². The monoisotopic (exact) mass is 301 g/mol.